The van der Waals surface area contributed by atoms with E-state index in [1.54, 1.807) is 0 Å². The maximum atomic E-state index is 11.4. The van der Waals surface area contributed by atoms with Crippen molar-refractivity contribution in [2.75, 3.05) is 19.6 Å². The van der Waals surface area contributed by atoms with Crippen molar-refractivity contribution < 1.29 is 4.79 Å². The van der Waals surface area contributed by atoms with E-state index in [0.29, 0.717) is 6.42 Å². The maximum Gasteiger partial charge on any atom is 0.221 e. The Bertz CT molecular complexity index is 365. The second-order valence-corrected chi connectivity index (χ2v) is 5.02. The number of carbonyl (C=O) groups is 1. The third kappa shape index (κ3) is 7.85. The summed E-state index contributed by atoms with van der Waals surface area (Å²) in [5.74, 6) is 0.132. The van der Waals surface area contributed by atoms with E-state index in [1.165, 1.54) is 5.56 Å². The van der Waals surface area contributed by atoms with E-state index in [0.717, 1.165) is 43.9 Å². The zero-order valence-electron chi connectivity index (χ0n) is 11.5. The summed E-state index contributed by atoms with van der Waals surface area (Å²) in [4.78, 5) is 11.4. The lowest BCUT2D eigenvalue weighted by molar-refractivity contribution is -0.120. The minimum Gasteiger partial charge on any atom is -0.356 e. The van der Waals surface area contributed by atoms with Crippen molar-refractivity contribution in [1.82, 2.24) is 10.6 Å². The second-order valence-electron chi connectivity index (χ2n) is 4.58. The molecule has 0 bridgehead atoms. The Morgan fingerprint density at radius 2 is 1.89 bits per heavy atom. The van der Waals surface area contributed by atoms with E-state index < -0.39 is 0 Å². The third-order valence-corrected chi connectivity index (χ3v) is 3.14. The van der Waals surface area contributed by atoms with E-state index in [-0.39, 0.29) is 5.91 Å². The van der Waals surface area contributed by atoms with Crippen molar-refractivity contribution in [2.24, 2.45) is 0 Å². The van der Waals surface area contributed by atoms with Crippen molar-refractivity contribution in [3.05, 3.63) is 34.9 Å². The first-order chi connectivity index (χ1) is 9.22. The molecule has 0 spiro atoms. The molecule has 0 saturated heterocycles. The fraction of sp³-hybridized carbons (Fsp3) is 0.533. The van der Waals surface area contributed by atoms with Crippen LogP contribution < -0.4 is 10.6 Å². The van der Waals surface area contributed by atoms with Gasteiger partial charge in [0.05, 0.1) is 0 Å². The number of benzene rings is 1. The fourth-order valence-corrected chi connectivity index (χ4v) is 1.83. The lowest BCUT2D eigenvalue weighted by atomic mass is 10.1. The second kappa shape index (κ2) is 9.82. The highest BCUT2D eigenvalue weighted by atomic mass is 35.5. The van der Waals surface area contributed by atoms with Crippen LogP contribution in [0.15, 0.2) is 24.3 Å². The zero-order valence-corrected chi connectivity index (χ0v) is 12.3. The molecule has 1 amide bonds. The minimum absolute atomic E-state index is 0.132. The summed E-state index contributed by atoms with van der Waals surface area (Å²) in [7, 11) is 0. The molecule has 106 valence electrons. The molecule has 19 heavy (non-hydrogen) atoms. The number of unbranched alkanes of at least 4 members (excludes halogenated alkanes) is 1. The van der Waals surface area contributed by atoms with Crippen LogP contribution in [0.2, 0.25) is 5.02 Å². The highest BCUT2D eigenvalue weighted by Gasteiger charge is 1.99. The number of rotatable bonds is 9. The molecule has 1 aromatic carbocycles. The number of hydrogen-bond acceptors (Lipinski definition) is 2. The van der Waals surface area contributed by atoms with Gasteiger partial charge < -0.3 is 10.6 Å². The lowest BCUT2D eigenvalue weighted by Gasteiger charge is -2.06. The molecule has 0 atom stereocenters. The summed E-state index contributed by atoms with van der Waals surface area (Å²) >= 11 is 5.82. The molecule has 0 aromatic heterocycles. The van der Waals surface area contributed by atoms with E-state index in [9.17, 15) is 4.79 Å². The van der Waals surface area contributed by atoms with Gasteiger partial charge in [0, 0.05) is 24.5 Å². The zero-order chi connectivity index (χ0) is 13.9. The third-order valence-electron chi connectivity index (χ3n) is 2.89. The number of hydrogen-bond donors (Lipinski definition) is 2. The topological polar surface area (TPSA) is 41.1 Å². The normalized spacial score (nSPS) is 10.4. The first kappa shape index (κ1) is 16.0. The van der Waals surface area contributed by atoms with Crippen LogP contribution in [0.3, 0.4) is 0 Å². The van der Waals surface area contributed by atoms with E-state index in [1.807, 2.05) is 24.3 Å². The van der Waals surface area contributed by atoms with Gasteiger partial charge in [0.25, 0.3) is 0 Å². The van der Waals surface area contributed by atoms with E-state index in [4.69, 9.17) is 11.6 Å². The van der Waals surface area contributed by atoms with Gasteiger partial charge in [0.2, 0.25) is 5.91 Å². The minimum atomic E-state index is 0.132. The summed E-state index contributed by atoms with van der Waals surface area (Å²) in [6.45, 7) is 4.51. The van der Waals surface area contributed by atoms with Crippen LogP contribution in [0.1, 0.15) is 31.7 Å². The maximum absolute atomic E-state index is 11.4. The fourth-order valence-electron chi connectivity index (χ4n) is 1.70. The predicted octanol–water partition coefficient (Wildman–Crippen LogP) is 2.78. The Kier molecular flexibility index (Phi) is 8.26. The molecule has 0 aliphatic carbocycles. The standard InChI is InChI=1S/C15H23ClN2O/c1-2-3-10-18-15(19)9-12-17-11-8-13-4-6-14(16)7-5-13/h4-7,17H,2-3,8-12H2,1H3,(H,18,19). The van der Waals surface area contributed by atoms with Gasteiger partial charge in [-0.15, -0.1) is 0 Å². The summed E-state index contributed by atoms with van der Waals surface area (Å²) in [5, 5.41) is 6.95. The molecule has 0 saturated carbocycles. The van der Waals surface area contributed by atoms with Crippen molar-refractivity contribution in [3.63, 3.8) is 0 Å². The average molecular weight is 283 g/mol. The van der Waals surface area contributed by atoms with Gasteiger partial charge >= 0.3 is 0 Å². The molecular formula is C15H23ClN2O. The Morgan fingerprint density at radius 1 is 1.16 bits per heavy atom. The first-order valence-electron chi connectivity index (χ1n) is 6.94. The molecule has 3 nitrogen and oxygen atoms in total. The molecule has 0 heterocycles. The van der Waals surface area contributed by atoms with Gasteiger partial charge in [-0.1, -0.05) is 37.1 Å². The van der Waals surface area contributed by atoms with Gasteiger partial charge in [0.15, 0.2) is 0 Å². The number of carbonyl (C=O) groups excluding carboxylic acids is 1. The van der Waals surface area contributed by atoms with Crippen molar-refractivity contribution >= 4 is 17.5 Å². The van der Waals surface area contributed by atoms with Crippen LogP contribution >= 0.6 is 11.6 Å². The molecule has 0 unspecified atom stereocenters. The van der Waals surface area contributed by atoms with Crippen LogP contribution in [-0.4, -0.2) is 25.5 Å². The van der Waals surface area contributed by atoms with Crippen molar-refractivity contribution in [3.8, 4) is 0 Å². The average Bonchev–Trinajstić information content (AvgIpc) is 2.41. The number of halogens is 1. The van der Waals surface area contributed by atoms with Gasteiger partial charge in [-0.25, -0.2) is 0 Å². The van der Waals surface area contributed by atoms with Crippen molar-refractivity contribution in [1.29, 1.82) is 0 Å². The largest absolute Gasteiger partial charge is 0.356 e. The molecule has 0 radical (unpaired) electrons. The summed E-state index contributed by atoms with van der Waals surface area (Å²) in [6.07, 6.45) is 3.66. The monoisotopic (exact) mass is 282 g/mol. The molecule has 1 rings (SSSR count). The quantitative estimate of drug-likeness (QED) is 0.684. The number of amides is 1. The number of nitrogens with one attached hydrogen (secondary N) is 2. The van der Waals surface area contributed by atoms with E-state index >= 15 is 0 Å². The highest BCUT2D eigenvalue weighted by molar-refractivity contribution is 6.30. The molecule has 0 aliphatic heterocycles. The van der Waals surface area contributed by atoms with Gasteiger partial charge in [-0.05, 0) is 37.1 Å². The summed E-state index contributed by atoms with van der Waals surface area (Å²) in [6, 6.07) is 7.86. The molecule has 4 heteroatoms. The summed E-state index contributed by atoms with van der Waals surface area (Å²) < 4.78 is 0. The smallest absolute Gasteiger partial charge is 0.221 e. The van der Waals surface area contributed by atoms with Gasteiger partial charge in [-0.3, -0.25) is 4.79 Å². The lowest BCUT2D eigenvalue weighted by Crippen LogP contribution is -2.29. The SMILES string of the molecule is CCCCNC(=O)CCNCCc1ccc(Cl)cc1. The van der Waals surface area contributed by atoms with Crippen LogP contribution in [0.5, 0.6) is 0 Å². The van der Waals surface area contributed by atoms with Crippen LogP contribution in [0.4, 0.5) is 0 Å². The summed E-state index contributed by atoms with van der Waals surface area (Å²) in [5.41, 5.74) is 1.25. The first-order valence-corrected chi connectivity index (χ1v) is 7.32. The van der Waals surface area contributed by atoms with E-state index in [2.05, 4.69) is 17.6 Å². The molecule has 0 fully saturated rings. The van der Waals surface area contributed by atoms with Crippen LogP contribution in [-0.2, 0) is 11.2 Å². The Balaban J connectivity index is 2.01. The van der Waals surface area contributed by atoms with Gasteiger partial charge in [0.1, 0.15) is 0 Å². The Labute approximate surface area is 120 Å². The molecule has 0 aliphatic rings. The Hall–Kier alpha value is -1.06. The van der Waals surface area contributed by atoms with Crippen molar-refractivity contribution in [2.45, 2.75) is 32.6 Å². The molecule has 1 aromatic rings. The molecular weight excluding hydrogens is 260 g/mol. The Morgan fingerprint density at radius 3 is 2.58 bits per heavy atom. The van der Waals surface area contributed by atoms with Crippen LogP contribution in [0.25, 0.3) is 0 Å². The van der Waals surface area contributed by atoms with Crippen LogP contribution in [0, 0.1) is 0 Å². The predicted molar refractivity (Wildman–Crippen MR) is 80.6 cm³/mol. The van der Waals surface area contributed by atoms with Gasteiger partial charge in [-0.2, -0.15) is 0 Å². The molecule has 2 N–H and O–H groups in total. The highest BCUT2D eigenvalue weighted by Crippen LogP contribution is 2.09.